The van der Waals surface area contributed by atoms with Crippen LogP contribution < -0.4 is 5.32 Å². The van der Waals surface area contributed by atoms with Gasteiger partial charge in [0.25, 0.3) is 0 Å². The van der Waals surface area contributed by atoms with Crippen molar-refractivity contribution in [3.05, 3.63) is 35.9 Å². The number of hydrogen-bond donors (Lipinski definition) is 2. The molecule has 1 saturated heterocycles. The Morgan fingerprint density at radius 2 is 2.00 bits per heavy atom. The molecular weight excluding hydrogens is 226 g/mol. The normalized spacial score (nSPS) is 24.5. The van der Waals surface area contributed by atoms with Crippen LogP contribution in [0, 0.1) is 5.92 Å². The van der Waals surface area contributed by atoms with Gasteiger partial charge in [-0.2, -0.15) is 0 Å². The number of hydrogen-bond acceptors (Lipinski definition) is 2. The summed E-state index contributed by atoms with van der Waals surface area (Å²) in [6.45, 7) is 0.906. The molecule has 1 heterocycles. The van der Waals surface area contributed by atoms with Gasteiger partial charge in [-0.3, -0.25) is 4.79 Å². The molecule has 3 nitrogen and oxygen atoms in total. The van der Waals surface area contributed by atoms with Crippen LogP contribution in [0.4, 0.5) is 0 Å². The summed E-state index contributed by atoms with van der Waals surface area (Å²) in [5, 5.41) is 12.4. The first kappa shape index (κ1) is 13.0. The summed E-state index contributed by atoms with van der Waals surface area (Å²) < 4.78 is 0. The van der Waals surface area contributed by atoms with E-state index in [1.54, 1.807) is 0 Å². The van der Waals surface area contributed by atoms with E-state index in [4.69, 9.17) is 5.11 Å². The van der Waals surface area contributed by atoms with E-state index in [-0.39, 0.29) is 24.4 Å². The number of carboxylic acid groups (broad SMARTS) is 1. The summed E-state index contributed by atoms with van der Waals surface area (Å²) >= 11 is 0. The number of carbonyl (C=O) groups is 1. The third-order valence-electron chi connectivity index (χ3n) is 2.93. The van der Waals surface area contributed by atoms with Gasteiger partial charge in [0, 0.05) is 6.04 Å². The highest BCUT2D eigenvalue weighted by molar-refractivity contribution is 5.85. The average molecular weight is 242 g/mol. The fourth-order valence-corrected chi connectivity index (χ4v) is 2.17. The molecule has 16 heavy (non-hydrogen) atoms. The number of piperidine rings is 1. The Bertz CT molecular complexity index is 342. The fourth-order valence-electron chi connectivity index (χ4n) is 2.17. The number of carboxylic acids is 1. The largest absolute Gasteiger partial charge is 0.481 e. The van der Waals surface area contributed by atoms with Crippen LogP contribution in [-0.4, -0.2) is 17.6 Å². The molecule has 0 aromatic heterocycles. The zero-order valence-corrected chi connectivity index (χ0v) is 9.74. The highest BCUT2D eigenvalue weighted by Gasteiger charge is 2.31. The Morgan fingerprint density at radius 1 is 1.31 bits per heavy atom. The van der Waals surface area contributed by atoms with Gasteiger partial charge in [-0.05, 0) is 24.9 Å². The Morgan fingerprint density at radius 3 is 2.62 bits per heavy atom. The maximum absolute atomic E-state index is 11.1. The van der Waals surface area contributed by atoms with Gasteiger partial charge in [-0.1, -0.05) is 30.3 Å². The number of aliphatic carboxylic acids is 1. The van der Waals surface area contributed by atoms with E-state index >= 15 is 0 Å². The summed E-state index contributed by atoms with van der Waals surface area (Å²) in [6.07, 6.45) is 1.71. The molecule has 0 aliphatic carbocycles. The highest BCUT2D eigenvalue weighted by Crippen LogP contribution is 2.29. The van der Waals surface area contributed by atoms with Crippen molar-refractivity contribution in [3.8, 4) is 0 Å². The van der Waals surface area contributed by atoms with Crippen molar-refractivity contribution in [2.24, 2.45) is 5.92 Å². The second-order valence-corrected chi connectivity index (χ2v) is 3.93. The molecule has 0 radical (unpaired) electrons. The summed E-state index contributed by atoms with van der Waals surface area (Å²) in [7, 11) is 0. The summed E-state index contributed by atoms with van der Waals surface area (Å²) in [5.74, 6) is -0.989. The molecule has 1 aromatic rings. The first-order valence-corrected chi connectivity index (χ1v) is 5.30. The van der Waals surface area contributed by atoms with Crippen LogP contribution >= 0.6 is 12.4 Å². The van der Waals surface area contributed by atoms with Crippen molar-refractivity contribution >= 4 is 18.4 Å². The second-order valence-electron chi connectivity index (χ2n) is 3.93. The minimum Gasteiger partial charge on any atom is -0.481 e. The molecule has 0 spiro atoms. The van der Waals surface area contributed by atoms with E-state index in [2.05, 4.69) is 5.32 Å². The van der Waals surface area contributed by atoms with Gasteiger partial charge in [-0.25, -0.2) is 0 Å². The molecule has 0 bridgehead atoms. The van der Waals surface area contributed by atoms with Crippen molar-refractivity contribution in [1.82, 2.24) is 5.32 Å². The molecule has 1 fully saturated rings. The summed E-state index contributed by atoms with van der Waals surface area (Å²) in [6, 6.07) is 9.78. The zero-order valence-electron chi connectivity index (χ0n) is 8.93. The Kier molecular flexibility index (Phi) is 4.77. The number of benzene rings is 1. The molecule has 4 heteroatoms. The van der Waals surface area contributed by atoms with Gasteiger partial charge in [-0.15, -0.1) is 12.4 Å². The van der Waals surface area contributed by atoms with Gasteiger partial charge < -0.3 is 10.4 Å². The van der Waals surface area contributed by atoms with Crippen LogP contribution in [0.3, 0.4) is 0 Å². The van der Waals surface area contributed by atoms with Crippen LogP contribution in [0.1, 0.15) is 24.4 Å². The number of nitrogens with one attached hydrogen (secondary N) is 1. The maximum Gasteiger partial charge on any atom is 0.308 e. The van der Waals surface area contributed by atoms with E-state index in [1.807, 2.05) is 30.3 Å². The highest BCUT2D eigenvalue weighted by atomic mass is 35.5. The predicted octanol–water partition coefficient (Wildman–Crippen LogP) is 2.23. The smallest absolute Gasteiger partial charge is 0.308 e. The molecule has 1 aliphatic heterocycles. The number of halogens is 1. The first-order chi connectivity index (χ1) is 7.29. The van der Waals surface area contributed by atoms with E-state index < -0.39 is 5.97 Å². The van der Waals surface area contributed by atoms with Gasteiger partial charge in [0.1, 0.15) is 0 Å². The zero-order chi connectivity index (χ0) is 10.7. The number of rotatable bonds is 2. The molecule has 1 aromatic carbocycles. The summed E-state index contributed by atoms with van der Waals surface area (Å²) in [5.41, 5.74) is 1.07. The Labute approximate surface area is 101 Å². The third kappa shape index (κ3) is 2.74. The molecule has 2 atom stereocenters. The molecule has 2 rings (SSSR count). The fraction of sp³-hybridized carbons (Fsp3) is 0.417. The van der Waals surface area contributed by atoms with Crippen LogP contribution in [0.5, 0.6) is 0 Å². The lowest BCUT2D eigenvalue weighted by Gasteiger charge is -2.30. The Hall–Kier alpha value is -1.06. The van der Waals surface area contributed by atoms with Crippen LogP contribution in [0.25, 0.3) is 0 Å². The van der Waals surface area contributed by atoms with Crippen molar-refractivity contribution in [3.63, 3.8) is 0 Å². The molecule has 0 amide bonds. The van der Waals surface area contributed by atoms with Crippen molar-refractivity contribution < 1.29 is 9.90 Å². The SMILES string of the molecule is Cl.O=C(O)[C@H]1CCCN[C@H]1c1ccccc1. The van der Waals surface area contributed by atoms with E-state index in [1.165, 1.54) is 0 Å². The summed E-state index contributed by atoms with van der Waals surface area (Å²) in [4.78, 5) is 11.1. The van der Waals surface area contributed by atoms with Gasteiger partial charge >= 0.3 is 5.97 Å². The minimum absolute atomic E-state index is 0. The van der Waals surface area contributed by atoms with Crippen molar-refractivity contribution in [1.29, 1.82) is 0 Å². The molecule has 2 N–H and O–H groups in total. The molecule has 0 unspecified atom stereocenters. The first-order valence-electron chi connectivity index (χ1n) is 5.30. The third-order valence-corrected chi connectivity index (χ3v) is 2.93. The van der Waals surface area contributed by atoms with E-state index in [0.717, 1.165) is 24.9 Å². The quantitative estimate of drug-likeness (QED) is 0.835. The van der Waals surface area contributed by atoms with Gasteiger partial charge in [0.15, 0.2) is 0 Å². The van der Waals surface area contributed by atoms with Crippen molar-refractivity contribution in [2.45, 2.75) is 18.9 Å². The monoisotopic (exact) mass is 241 g/mol. The molecule has 88 valence electrons. The minimum atomic E-state index is -0.698. The molecular formula is C12H16ClNO2. The molecule has 1 aliphatic rings. The van der Waals surface area contributed by atoms with Gasteiger partial charge in [0.2, 0.25) is 0 Å². The van der Waals surface area contributed by atoms with Crippen LogP contribution in [0.2, 0.25) is 0 Å². The predicted molar refractivity (Wildman–Crippen MR) is 64.8 cm³/mol. The lowest BCUT2D eigenvalue weighted by molar-refractivity contribution is -0.143. The van der Waals surface area contributed by atoms with Crippen molar-refractivity contribution in [2.75, 3.05) is 6.54 Å². The van der Waals surface area contributed by atoms with Crippen LogP contribution in [0.15, 0.2) is 30.3 Å². The van der Waals surface area contributed by atoms with Gasteiger partial charge in [0.05, 0.1) is 5.92 Å². The topological polar surface area (TPSA) is 49.3 Å². The lowest BCUT2D eigenvalue weighted by atomic mass is 9.86. The van der Waals surface area contributed by atoms with E-state index in [9.17, 15) is 4.79 Å². The van der Waals surface area contributed by atoms with Crippen LogP contribution in [-0.2, 0) is 4.79 Å². The molecule has 0 saturated carbocycles. The van der Waals surface area contributed by atoms with E-state index in [0.29, 0.717) is 0 Å². The second kappa shape index (κ2) is 5.87. The maximum atomic E-state index is 11.1. The Balaban J connectivity index is 0.00000128. The standard InChI is InChI=1S/C12H15NO2.ClH/c14-12(15)10-7-4-8-13-11(10)9-5-2-1-3-6-9;/h1-3,5-6,10-11,13H,4,7-8H2,(H,14,15);1H/t10-,11-;/m0./s1. The lowest BCUT2D eigenvalue weighted by Crippen LogP contribution is -2.38. The average Bonchev–Trinajstić information content (AvgIpc) is 2.30.